The van der Waals surface area contributed by atoms with E-state index in [2.05, 4.69) is 36.2 Å². The number of para-hydroxylation sites is 1. The minimum absolute atomic E-state index is 0.469. The maximum Gasteiger partial charge on any atom is 0.122 e. The summed E-state index contributed by atoms with van der Waals surface area (Å²) in [7, 11) is 1.74. The summed E-state index contributed by atoms with van der Waals surface area (Å²) < 4.78 is 5.42. The zero-order valence-electron chi connectivity index (χ0n) is 13.1. The zero-order valence-corrected chi connectivity index (χ0v) is 13.1. The lowest BCUT2D eigenvalue weighted by atomic mass is 10.1. The third kappa shape index (κ3) is 4.22. The number of nitrogens with zero attached hydrogens (tertiary/aromatic N) is 1. The Bertz CT molecular complexity index is 402. The van der Waals surface area contributed by atoms with E-state index in [1.54, 1.807) is 7.11 Å². The van der Waals surface area contributed by atoms with Gasteiger partial charge in [-0.05, 0) is 57.8 Å². The van der Waals surface area contributed by atoms with Crippen LogP contribution in [0.5, 0.6) is 5.75 Å². The molecule has 1 aromatic carbocycles. The highest BCUT2D eigenvalue weighted by Gasteiger charge is 2.18. The number of nitrogens with one attached hydrogen (secondary N) is 1. The van der Waals surface area contributed by atoms with Gasteiger partial charge in [0.15, 0.2) is 0 Å². The quantitative estimate of drug-likeness (QED) is 0.828. The second-order valence-corrected chi connectivity index (χ2v) is 5.92. The maximum atomic E-state index is 5.42. The lowest BCUT2D eigenvalue weighted by molar-refractivity contribution is 0.246. The highest BCUT2D eigenvalue weighted by molar-refractivity contribution is 5.33. The summed E-state index contributed by atoms with van der Waals surface area (Å²) in [5.41, 5.74) is 1.28. The summed E-state index contributed by atoms with van der Waals surface area (Å²) in [5, 5.41) is 3.66. The van der Waals surface area contributed by atoms with Crippen LogP contribution in [0.15, 0.2) is 24.3 Å². The van der Waals surface area contributed by atoms with Crippen molar-refractivity contribution in [2.75, 3.05) is 26.7 Å². The van der Waals surface area contributed by atoms with E-state index < -0.39 is 0 Å². The SMILES string of the molecule is COc1ccccc1CC(C)NCC(C)N1CCCC1. The van der Waals surface area contributed by atoms with Crippen molar-refractivity contribution >= 4 is 0 Å². The van der Waals surface area contributed by atoms with Gasteiger partial charge in [0.25, 0.3) is 0 Å². The first-order chi connectivity index (χ1) is 9.70. The Kier molecular flexibility index (Phi) is 5.86. The average molecular weight is 276 g/mol. The molecule has 112 valence electrons. The molecule has 2 atom stereocenters. The molecule has 1 N–H and O–H groups in total. The Morgan fingerprint density at radius 1 is 1.20 bits per heavy atom. The van der Waals surface area contributed by atoms with Crippen molar-refractivity contribution in [2.24, 2.45) is 0 Å². The fourth-order valence-corrected chi connectivity index (χ4v) is 2.96. The van der Waals surface area contributed by atoms with Gasteiger partial charge < -0.3 is 10.1 Å². The molecule has 3 heteroatoms. The van der Waals surface area contributed by atoms with Gasteiger partial charge in [-0.3, -0.25) is 4.90 Å². The number of hydrogen-bond acceptors (Lipinski definition) is 3. The maximum absolute atomic E-state index is 5.42. The minimum atomic E-state index is 0.469. The van der Waals surface area contributed by atoms with Crippen LogP contribution in [-0.2, 0) is 6.42 Å². The van der Waals surface area contributed by atoms with E-state index in [0.29, 0.717) is 12.1 Å². The van der Waals surface area contributed by atoms with Crippen LogP contribution in [0.3, 0.4) is 0 Å². The predicted molar refractivity (Wildman–Crippen MR) is 84.4 cm³/mol. The molecule has 0 radical (unpaired) electrons. The molecule has 0 saturated carbocycles. The van der Waals surface area contributed by atoms with Gasteiger partial charge >= 0.3 is 0 Å². The third-order valence-corrected chi connectivity index (χ3v) is 4.24. The summed E-state index contributed by atoms with van der Waals surface area (Å²) in [6.45, 7) is 8.18. The van der Waals surface area contributed by atoms with Crippen molar-refractivity contribution in [3.8, 4) is 5.75 Å². The van der Waals surface area contributed by atoms with Crippen LogP contribution < -0.4 is 10.1 Å². The van der Waals surface area contributed by atoms with Crippen LogP contribution in [0.25, 0.3) is 0 Å². The van der Waals surface area contributed by atoms with E-state index >= 15 is 0 Å². The van der Waals surface area contributed by atoms with Crippen molar-refractivity contribution in [1.82, 2.24) is 10.2 Å². The first-order valence-electron chi connectivity index (χ1n) is 7.80. The van der Waals surface area contributed by atoms with Gasteiger partial charge in [0.05, 0.1) is 7.11 Å². The van der Waals surface area contributed by atoms with Gasteiger partial charge in [0.2, 0.25) is 0 Å². The Labute approximate surface area is 123 Å². The Morgan fingerprint density at radius 2 is 1.90 bits per heavy atom. The number of rotatable bonds is 7. The van der Waals surface area contributed by atoms with Gasteiger partial charge in [-0.1, -0.05) is 18.2 Å². The van der Waals surface area contributed by atoms with E-state index in [9.17, 15) is 0 Å². The molecule has 3 nitrogen and oxygen atoms in total. The van der Waals surface area contributed by atoms with Gasteiger partial charge in [-0.15, -0.1) is 0 Å². The van der Waals surface area contributed by atoms with Crippen LogP contribution in [-0.4, -0.2) is 43.7 Å². The van der Waals surface area contributed by atoms with Gasteiger partial charge in [0, 0.05) is 18.6 Å². The van der Waals surface area contributed by atoms with Crippen molar-refractivity contribution in [2.45, 2.75) is 45.2 Å². The lowest BCUT2D eigenvalue weighted by Crippen LogP contribution is -2.42. The fourth-order valence-electron chi connectivity index (χ4n) is 2.96. The summed E-state index contributed by atoms with van der Waals surface area (Å²) >= 11 is 0. The van der Waals surface area contributed by atoms with E-state index in [4.69, 9.17) is 4.74 Å². The molecule has 1 saturated heterocycles. The molecule has 1 aliphatic heterocycles. The largest absolute Gasteiger partial charge is 0.496 e. The first kappa shape index (κ1) is 15.3. The van der Waals surface area contributed by atoms with Crippen LogP contribution >= 0.6 is 0 Å². The van der Waals surface area contributed by atoms with Crippen molar-refractivity contribution in [3.05, 3.63) is 29.8 Å². The molecule has 2 rings (SSSR count). The summed E-state index contributed by atoms with van der Waals surface area (Å²) in [4.78, 5) is 2.59. The predicted octanol–water partition coefficient (Wildman–Crippen LogP) is 2.70. The fraction of sp³-hybridized carbons (Fsp3) is 0.647. The number of likely N-dealkylation sites (tertiary alicyclic amines) is 1. The van der Waals surface area contributed by atoms with Gasteiger partial charge in [0.1, 0.15) is 5.75 Å². The minimum Gasteiger partial charge on any atom is -0.496 e. The van der Waals surface area contributed by atoms with E-state index in [-0.39, 0.29) is 0 Å². The van der Waals surface area contributed by atoms with E-state index in [1.165, 1.54) is 31.5 Å². The highest BCUT2D eigenvalue weighted by Crippen LogP contribution is 2.19. The Balaban J connectivity index is 1.78. The second-order valence-electron chi connectivity index (χ2n) is 5.92. The lowest BCUT2D eigenvalue weighted by Gasteiger charge is -2.26. The summed E-state index contributed by atoms with van der Waals surface area (Å²) in [5.74, 6) is 0.994. The summed E-state index contributed by atoms with van der Waals surface area (Å²) in [6.07, 6.45) is 3.74. The van der Waals surface area contributed by atoms with E-state index in [0.717, 1.165) is 18.7 Å². The van der Waals surface area contributed by atoms with E-state index in [1.807, 2.05) is 12.1 Å². The van der Waals surface area contributed by atoms with Crippen LogP contribution in [0.1, 0.15) is 32.3 Å². The number of benzene rings is 1. The first-order valence-corrected chi connectivity index (χ1v) is 7.80. The molecule has 0 aromatic heterocycles. The smallest absolute Gasteiger partial charge is 0.122 e. The standard InChI is InChI=1S/C17H28N2O/c1-14(12-16-8-4-5-9-17(16)20-3)18-13-15(2)19-10-6-7-11-19/h4-5,8-9,14-15,18H,6-7,10-13H2,1-3H3. The second kappa shape index (κ2) is 7.65. The third-order valence-electron chi connectivity index (χ3n) is 4.24. The molecule has 1 aliphatic rings. The van der Waals surface area contributed by atoms with Crippen molar-refractivity contribution in [1.29, 1.82) is 0 Å². The molecule has 2 unspecified atom stereocenters. The van der Waals surface area contributed by atoms with Crippen LogP contribution in [0.2, 0.25) is 0 Å². The molecule has 20 heavy (non-hydrogen) atoms. The van der Waals surface area contributed by atoms with Crippen molar-refractivity contribution < 1.29 is 4.74 Å². The molecule has 1 fully saturated rings. The molecular weight excluding hydrogens is 248 g/mol. The number of methoxy groups -OCH3 is 1. The zero-order chi connectivity index (χ0) is 14.4. The topological polar surface area (TPSA) is 24.5 Å². The summed E-state index contributed by atoms with van der Waals surface area (Å²) in [6, 6.07) is 9.40. The molecule has 0 aliphatic carbocycles. The number of ether oxygens (including phenoxy) is 1. The Hall–Kier alpha value is -1.06. The molecule has 1 aromatic rings. The van der Waals surface area contributed by atoms with Crippen LogP contribution in [0.4, 0.5) is 0 Å². The molecular formula is C17H28N2O. The molecule has 0 amide bonds. The van der Waals surface area contributed by atoms with Gasteiger partial charge in [-0.2, -0.15) is 0 Å². The Morgan fingerprint density at radius 3 is 2.60 bits per heavy atom. The monoisotopic (exact) mass is 276 g/mol. The average Bonchev–Trinajstić information content (AvgIpc) is 2.99. The van der Waals surface area contributed by atoms with Crippen LogP contribution in [0, 0.1) is 0 Å². The van der Waals surface area contributed by atoms with Crippen molar-refractivity contribution in [3.63, 3.8) is 0 Å². The highest BCUT2D eigenvalue weighted by atomic mass is 16.5. The van der Waals surface area contributed by atoms with Gasteiger partial charge in [-0.25, -0.2) is 0 Å². The molecule has 0 spiro atoms. The normalized spacial score (nSPS) is 18.9. The molecule has 1 heterocycles. The number of hydrogen-bond donors (Lipinski definition) is 1. The molecule has 0 bridgehead atoms.